The van der Waals surface area contributed by atoms with Crippen LogP contribution in [0.15, 0.2) is 23.1 Å². The van der Waals surface area contributed by atoms with Crippen molar-refractivity contribution in [2.45, 2.75) is 24.7 Å². The Morgan fingerprint density at radius 3 is 2.76 bits per heavy atom. The summed E-state index contributed by atoms with van der Waals surface area (Å²) in [5, 5.41) is 0. The Morgan fingerprint density at radius 1 is 1.41 bits per heavy atom. The van der Waals surface area contributed by atoms with Crippen LogP contribution in [0.5, 0.6) is 0 Å². The molecule has 1 saturated heterocycles. The largest absolute Gasteiger partial charge is 0.399 e. The van der Waals surface area contributed by atoms with E-state index in [-0.39, 0.29) is 0 Å². The van der Waals surface area contributed by atoms with Crippen LogP contribution in [0, 0.1) is 12.8 Å². The van der Waals surface area contributed by atoms with Gasteiger partial charge in [0.05, 0.1) is 10.8 Å². The maximum atomic E-state index is 12.2. The van der Waals surface area contributed by atoms with Gasteiger partial charge in [-0.1, -0.05) is 0 Å². The van der Waals surface area contributed by atoms with Gasteiger partial charge in [0.2, 0.25) is 0 Å². The molecule has 1 unspecified atom stereocenters. The molecule has 17 heavy (non-hydrogen) atoms. The fraction of sp³-hybridized carbons (Fsp3) is 0.538. The SMILES string of the molecule is Cc1cc(S(=O)CC2CCOCC2)ccc1N. The summed E-state index contributed by atoms with van der Waals surface area (Å²) in [7, 11) is -0.911. The summed E-state index contributed by atoms with van der Waals surface area (Å²) in [6, 6.07) is 5.65. The van der Waals surface area contributed by atoms with Gasteiger partial charge in [-0.3, -0.25) is 4.21 Å². The Balaban J connectivity index is 2.01. The summed E-state index contributed by atoms with van der Waals surface area (Å²) < 4.78 is 17.5. The molecule has 2 rings (SSSR count). The first-order valence-corrected chi connectivity index (χ1v) is 7.31. The zero-order valence-electron chi connectivity index (χ0n) is 10.1. The van der Waals surface area contributed by atoms with Crippen molar-refractivity contribution in [1.82, 2.24) is 0 Å². The van der Waals surface area contributed by atoms with E-state index in [0.717, 1.165) is 48.0 Å². The standard InChI is InChI=1S/C13H19NO2S/c1-10-8-12(2-3-13(10)14)17(15)9-11-4-6-16-7-5-11/h2-3,8,11H,4-7,9,14H2,1H3. The van der Waals surface area contributed by atoms with Gasteiger partial charge >= 0.3 is 0 Å². The summed E-state index contributed by atoms with van der Waals surface area (Å²) in [6.07, 6.45) is 2.05. The van der Waals surface area contributed by atoms with E-state index in [2.05, 4.69) is 0 Å². The minimum absolute atomic E-state index is 0.530. The molecule has 0 aliphatic carbocycles. The lowest BCUT2D eigenvalue weighted by Crippen LogP contribution is -2.21. The molecule has 1 fully saturated rings. The van der Waals surface area contributed by atoms with E-state index < -0.39 is 10.8 Å². The third-order valence-corrected chi connectivity index (χ3v) is 4.79. The molecule has 94 valence electrons. The second kappa shape index (κ2) is 5.65. The van der Waals surface area contributed by atoms with Gasteiger partial charge in [0, 0.05) is 29.5 Å². The third-order valence-electron chi connectivity index (χ3n) is 3.23. The first-order valence-electron chi connectivity index (χ1n) is 5.99. The first kappa shape index (κ1) is 12.6. The normalized spacial score (nSPS) is 19.1. The lowest BCUT2D eigenvalue weighted by Gasteiger charge is -2.21. The zero-order chi connectivity index (χ0) is 12.3. The molecule has 0 saturated carbocycles. The molecule has 0 radical (unpaired) electrons. The molecule has 1 aliphatic rings. The molecule has 1 heterocycles. The van der Waals surface area contributed by atoms with Crippen LogP contribution in [-0.4, -0.2) is 23.2 Å². The number of aryl methyl sites for hydroxylation is 1. The van der Waals surface area contributed by atoms with Crippen LogP contribution >= 0.6 is 0 Å². The van der Waals surface area contributed by atoms with Crippen LogP contribution < -0.4 is 5.73 Å². The second-order valence-corrected chi connectivity index (χ2v) is 6.08. The van der Waals surface area contributed by atoms with Crippen LogP contribution in [0.1, 0.15) is 18.4 Å². The van der Waals surface area contributed by atoms with Crippen molar-refractivity contribution >= 4 is 16.5 Å². The van der Waals surface area contributed by atoms with Gasteiger partial charge in [-0.2, -0.15) is 0 Å². The minimum atomic E-state index is -0.911. The highest BCUT2D eigenvalue weighted by Crippen LogP contribution is 2.21. The van der Waals surface area contributed by atoms with Crippen LogP contribution in [0.4, 0.5) is 5.69 Å². The molecule has 1 aromatic rings. The van der Waals surface area contributed by atoms with E-state index in [9.17, 15) is 4.21 Å². The lowest BCUT2D eigenvalue weighted by molar-refractivity contribution is 0.0725. The quantitative estimate of drug-likeness (QED) is 0.839. The van der Waals surface area contributed by atoms with E-state index >= 15 is 0 Å². The van der Waals surface area contributed by atoms with Gasteiger partial charge in [0.1, 0.15) is 0 Å². The van der Waals surface area contributed by atoms with Gasteiger partial charge in [0.25, 0.3) is 0 Å². The molecule has 0 bridgehead atoms. The summed E-state index contributed by atoms with van der Waals surface area (Å²) in [5.41, 5.74) is 7.52. The molecule has 0 amide bonds. The maximum absolute atomic E-state index is 12.2. The fourth-order valence-electron chi connectivity index (χ4n) is 2.01. The van der Waals surface area contributed by atoms with Crippen LogP contribution in [0.3, 0.4) is 0 Å². The lowest BCUT2D eigenvalue weighted by atomic mass is 10.0. The molecule has 2 N–H and O–H groups in total. The summed E-state index contributed by atoms with van der Waals surface area (Å²) in [4.78, 5) is 0.892. The predicted octanol–water partition coefficient (Wildman–Crippen LogP) is 2.11. The molecule has 0 aromatic heterocycles. The van der Waals surface area contributed by atoms with Crippen LogP contribution in [-0.2, 0) is 15.5 Å². The van der Waals surface area contributed by atoms with E-state index in [4.69, 9.17) is 10.5 Å². The predicted molar refractivity (Wildman–Crippen MR) is 70.4 cm³/mol. The topological polar surface area (TPSA) is 52.3 Å². The van der Waals surface area contributed by atoms with Crippen molar-refractivity contribution in [3.63, 3.8) is 0 Å². The van der Waals surface area contributed by atoms with Crippen molar-refractivity contribution in [2.24, 2.45) is 5.92 Å². The zero-order valence-corrected chi connectivity index (χ0v) is 11.0. The van der Waals surface area contributed by atoms with Crippen molar-refractivity contribution in [3.8, 4) is 0 Å². The Labute approximate surface area is 105 Å². The monoisotopic (exact) mass is 253 g/mol. The molecular weight excluding hydrogens is 234 g/mol. The summed E-state index contributed by atoms with van der Waals surface area (Å²) in [5.74, 6) is 1.27. The van der Waals surface area contributed by atoms with Gasteiger partial charge in [-0.15, -0.1) is 0 Å². The Hall–Kier alpha value is -0.870. The van der Waals surface area contributed by atoms with E-state index in [1.807, 2.05) is 25.1 Å². The van der Waals surface area contributed by atoms with E-state index in [0.29, 0.717) is 5.92 Å². The van der Waals surface area contributed by atoms with Gasteiger partial charge in [-0.25, -0.2) is 0 Å². The van der Waals surface area contributed by atoms with E-state index in [1.165, 1.54) is 0 Å². The molecule has 0 spiro atoms. The van der Waals surface area contributed by atoms with Crippen molar-refractivity contribution < 1.29 is 8.95 Å². The van der Waals surface area contributed by atoms with Gasteiger partial charge in [-0.05, 0) is 49.4 Å². The smallest absolute Gasteiger partial charge is 0.0532 e. The number of anilines is 1. The van der Waals surface area contributed by atoms with Crippen molar-refractivity contribution in [1.29, 1.82) is 0 Å². The maximum Gasteiger partial charge on any atom is 0.0532 e. The Morgan fingerprint density at radius 2 is 2.12 bits per heavy atom. The number of ether oxygens (including phenoxy) is 1. The highest BCUT2D eigenvalue weighted by Gasteiger charge is 2.17. The van der Waals surface area contributed by atoms with Crippen LogP contribution in [0.2, 0.25) is 0 Å². The average Bonchev–Trinajstić information content (AvgIpc) is 2.34. The minimum Gasteiger partial charge on any atom is -0.399 e. The van der Waals surface area contributed by atoms with Gasteiger partial charge < -0.3 is 10.5 Å². The number of benzene rings is 1. The van der Waals surface area contributed by atoms with Crippen molar-refractivity contribution in [3.05, 3.63) is 23.8 Å². The summed E-state index contributed by atoms with van der Waals surface area (Å²) in [6.45, 7) is 3.57. The second-order valence-electron chi connectivity index (χ2n) is 4.59. The number of nitrogen functional groups attached to an aromatic ring is 1. The molecule has 4 heteroatoms. The first-order chi connectivity index (χ1) is 8.16. The molecule has 3 nitrogen and oxygen atoms in total. The highest BCUT2D eigenvalue weighted by molar-refractivity contribution is 7.85. The van der Waals surface area contributed by atoms with Crippen LogP contribution in [0.25, 0.3) is 0 Å². The Bertz CT molecular complexity index is 414. The highest BCUT2D eigenvalue weighted by atomic mass is 32.2. The number of nitrogens with two attached hydrogens (primary N) is 1. The number of rotatable bonds is 3. The average molecular weight is 253 g/mol. The van der Waals surface area contributed by atoms with Gasteiger partial charge in [0.15, 0.2) is 0 Å². The van der Waals surface area contributed by atoms with E-state index in [1.54, 1.807) is 0 Å². The molecule has 1 aromatic carbocycles. The number of hydrogen-bond acceptors (Lipinski definition) is 3. The molecule has 1 aliphatic heterocycles. The molecular formula is C13H19NO2S. The number of hydrogen-bond donors (Lipinski definition) is 1. The third kappa shape index (κ3) is 3.30. The summed E-state index contributed by atoms with van der Waals surface area (Å²) >= 11 is 0. The van der Waals surface area contributed by atoms with Crippen molar-refractivity contribution in [2.75, 3.05) is 24.7 Å². The molecule has 1 atom stereocenters. The Kier molecular flexibility index (Phi) is 4.18. The fourth-order valence-corrected chi connectivity index (χ4v) is 3.50.